The molecule has 1 heterocycles. The number of guanidine groups is 1. The molecule has 8 heteroatoms. The van der Waals surface area contributed by atoms with Gasteiger partial charge in [0, 0.05) is 41.5 Å². The van der Waals surface area contributed by atoms with Crippen molar-refractivity contribution in [1.29, 1.82) is 0 Å². The van der Waals surface area contributed by atoms with Crippen molar-refractivity contribution < 1.29 is 4.79 Å². The van der Waals surface area contributed by atoms with Gasteiger partial charge in [-0.25, -0.2) is 0 Å². The molecule has 1 unspecified atom stereocenters. The number of thioether (sulfide) groups is 1. The van der Waals surface area contributed by atoms with E-state index in [2.05, 4.69) is 43.8 Å². The van der Waals surface area contributed by atoms with Crippen molar-refractivity contribution in [2.45, 2.75) is 24.5 Å². The number of amides is 1. The third-order valence-corrected chi connectivity index (χ3v) is 5.98. The Hall–Kier alpha value is -0.480. The number of halogens is 2. The van der Waals surface area contributed by atoms with E-state index in [1.165, 1.54) is 18.6 Å². The summed E-state index contributed by atoms with van der Waals surface area (Å²) in [6.45, 7) is 4.37. The van der Waals surface area contributed by atoms with E-state index in [9.17, 15) is 4.79 Å². The lowest BCUT2D eigenvalue weighted by molar-refractivity contribution is 0.0954. The number of benzene rings is 1. The van der Waals surface area contributed by atoms with Gasteiger partial charge in [0.25, 0.3) is 5.91 Å². The van der Waals surface area contributed by atoms with Gasteiger partial charge in [-0.3, -0.25) is 9.79 Å². The number of carbonyl (C=O) groups excluding carboxylic acids is 1. The van der Waals surface area contributed by atoms with E-state index >= 15 is 0 Å². The van der Waals surface area contributed by atoms with Crippen molar-refractivity contribution in [3.8, 4) is 0 Å². The smallest absolute Gasteiger partial charge is 0.251 e. The quantitative estimate of drug-likeness (QED) is 0.224. The number of aliphatic imine (C=N–C) groups is 1. The van der Waals surface area contributed by atoms with Crippen LogP contribution in [0.4, 0.5) is 0 Å². The van der Waals surface area contributed by atoms with Gasteiger partial charge in [-0.05, 0) is 43.7 Å². The summed E-state index contributed by atoms with van der Waals surface area (Å²) in [4.78, 5) is 16.3. The fourth-order valence-corrected chi connectivity index (χ4v) is 4.20. The highest BCUT2D eigenvalue weighted by atomic mass is 127. The second kappa shape index (κ2) is 11.3. The Balaban J connectivity index is 0.00000312. The minimum Gasteiger partial charge on any atom is -0.355 e. The van der Waals surface area contributed by atoms with Gasteiger partial charge in [0.2, 0.25) is 0 Å². The van der Waals surface area contributed by atoms with E-state index < -0.39 is 0 Å². The molecule has 0 saturated carbocycles. The van der Waals surface area contributed by atoms with Crippen LogP contribution in [-0.4, -0.2) is 49.0 Å². The fraction of sp³-hybridized carbons (Fsp3) is 0.529. The Bertz CT molecular complexity index is 594. The number of rotatable bonds is 6. The van der Waals surface area contributed by atoms with E-state index in [1.807, 2.05) is 30.0 Å². The standard InChI is InChI=1S/C17H25BrN4OS.HI/c1-17(7-4-10-24-17)12-22-16(19-2)21-9-8-20-15(23)13-5-3-6-14(18)11-13;/h3,5-6,11H,4,7-10,12H2,1-2H3,(H,20,23)(H2,19,21,22);1H. The molecule has 1 aromatic carbocycles. The molecule has 25 heavy (non-hydrogen) atoms. The van der Waals surface area contributed by atoms with Crippen molar-refractivity contribution in [3.63, 3.8) is 0 Å². The SMILES string of the molecule is CN=C(NCCNC(=O)c1cccc(Br)c1)NCC1(C)CCCS1.I. The first-order valence-electron chi connectivity index (χ1n) is 8.15. The van der Waals surface area contributed by atoms with Gasteiger partial charge < -0.3 is 16.0 Å². The van der Waals surface area contributed by atoms with Crippen LogP contribution in [0.5, 0.6) is 0 Å². The van der Waals surface area contributed by atoms with Gasteiger partial charge in [-0.1, -0.05) is 22.0 Å². The molecule has 0 radical (unpaired) electrons. The molecule has 140 valence electrons. The molecule has 1 aliphatic rings. The molecule has 1 aliphatic heterocycles. The topological polar surface area (TPSA) is 65.5 Å². The number of carbonyl (C=O) groups is 1. The monoisotopic (exact) mass is 540 g/mol. The van der Waals surface area contributed by atoms with Crippen molar-refractivity contribution in [2.75, 3.05) is 32.4 Å². The molecule has 1 saturated heterocycles. The largest absolute Gasteiger partial charge is 0.355 e. The predicted molar refractivity (Wildman–Crippen MR) is 121 cm³/mol. The van der Waals surface area contributed by atoms with Crippen LogP contribution in [0.1, 0.15) is 30.1 Å². The number of nitrogens with one attached hydrogen (secondary N) is 3. The van der Waals surface area contributed by atoms with Crippen LogP contribution < -0.4 is 16.0 Å². The lowest BCUT2D eigenvalue weighted by Gasteiger charge is -2.24. The van der Waals surface area contributed by atoms with Gasteiger partial charge in [-0.15, -0.1) is 24.0 Å². The average Bonchev–Trinajstić information content (AvgIpc) is 3.01. The van der Waals surface area contributed by atoms with Crippen LogP contribution >= 0.6 is 51.7 Å². The van der Waals surface area contributed by atoms with Crippen LogP contribution in [0.2, 0.25) is 0 Å². The number of hydrogen-bond acceptors (Lipinski definition) is 3. The highest BCUT2D eigenvalue weighted by Crippen LogP contribution is 2.36. The molecule has 2 rings (SSSR count). The number of nitrogens with zero attached hydrogens (tertiary/aromatic N) is 1. The fourth-order valence-electron chi connectivity index (χ4n) is 2.56. The summed E-state index contributed by atoms with van der Waals surface area (Å²) in [5, 5.41) is 9.51. The normalized spacial score (nSPS) is 19.9. The molecule has 1 fully saturated rings. The maximum absolute atomic E-state index is 12.0. The minimum absolute atomic E-state index is 0. The van der Waals surface area contributed by atoms with Gasteiger partial charge in [0.15, 0.2) is 5.96 Å². The summed E-state index contributed by atoms with van der Waals surface area (Å²) in [5.74, 6) is 1.95. The first kappa shape index (κ1) is 22.6. The van der Waals surface area contributed by atoms with E-state index in [4.69, 9.17) is 0 Å². The summed E-state index contributed by atoms with van der Waals surface area (Å²) in [5.41, 5.74) is 0.651. The zero-order chi connectivity index (χ0) is 17.4. The predicted octanol–water partition coefficient (Wildman–Crippen LogP) is 3.25. The highest BCUT2D eigenvalue weighted by Gasteiger charge is 2.29. The summed E-state index contributed by atoms with van der Waals surface area (Å²) in [6.07, 6.45) is 2.53. The van der Waals surface area contributed by atoms with E-state index in [-0.39, 0.29) is 29.9 Å². The van der Waals surface area contributed by atoms with Gasteiger partial charge >= 0.3 is 0 Å². The Morgan fingerprint density at radius 3 is 2.72 bits per heavy atom. The maximum atomic E-state index is 12.0. The zero-order valence-corrected chi connectivity index (χ0v) is 19.3. The van der Waals surface area contributed by atoms with E-state index in [0.29, 0.717) is 23.4 Å². The third kappa shape index (κ3) is 7.74. The molecule has 1 atom stereocenters. The molecule has 1 amide bonds. The Labute approximate surface area is 179 Å². The van der Waals surface area contributed by atoms with Gasteiger partial charge in [0.05, 0.1) is 0 Å². The first-order valence-corrected chi connectivity index (χ1v) is 9.92. The van der Waals surface area contributed by atoms with E-state index in [1.54, 1.807) is 13.1 Å². The summed E-state index contributed by atoms with van der Waals surface area (Å²) in [6, 6.07) is 7.36. The second-order valence-corrected chi connectivity index (χ2v) is 8.62. The molecule has 3 N–H and O–H groups in total. The van der Waals surface area contributed by atoms with Crippen molar-refractivity contribution in [3.05, 3.63) is 34.3 Å². The molecule has 0 aliphatic carbocycles. The maximum Gasteiger partial charge on any atom is 0.251 e. The van der Waals surface area contributed by atoms with E-state index in [0.717, 1.165) is 17.0 Å². The minimum atomic E-state index is -0.0732. The van der Waals surface area contributed by atoms with Gasteiger partial charge in [0.1, 0.15) is 0 Å². The van der Waals surface area contributed by atoms with Crippen LogP contribution in [0.15, 0.2) is 33.7 Å². The Morgan fingerprint density at radius 1 is 1.32 bits per heavy atom. The van der Waals surface area contributed by atoms with Crippen LogP contribution in [0, 0.1) is 0 Å². The second-order valence-electron chi connectivity index (χ2n) is 6.02. The van der Waals surface area contributed by atoms with Crippen molar-refractivity contribution in [2.24, 2.45) is 4.99 Å². The van der Waals surface area contributed by atoms with Crippen molar-refractivity contribution >= 4 is 63.5 Å². The summed E-state index contributed by atoms with van der Waals surface area (Å²) in [7, 11) is 1.76. The van der Waals surface area contributed by atoms with Crippen molar-refractivity contribution in [1.82, 2.24) is 16.0 Å². The molecule has 0 bridgehead atoms. The Morgan fingerprint density at radius 2 is 2.08 bits per heavy atom. The molecule has 1 aromatic rings. The Kier molecular flexibility index (Phi) is 10.2. The lowest BCUT2D eigenvalue weighted by Crippen LogP contribution is -2.45. The zero-order valence-electron chi connectivity index (χ0n) is 14.6. The molecule has 5 nitrogen and oxygen atoms in total. The van der Waals surface area contributed by atoms with Gasteiger partial charge in [-0.2, -0.15) is 11.8 Å². The molecule has 0 aromatic heterocycles. The summed E-state index contributed by atoms with van der Waals surface area (Å²) < 4.78 is 1.20. The number of hydrogen-bond donors (Lipinski definition) is 3. The molecular weight excluding hydrogens is 515 g/mol. The lowest BCUT2D eigenvalue weighted by atomic mass is 10.1. The summed E-state index contributed by atoms with van der Waals surface area (Å²) >= 11 is 5.39. The third-order valence-electron chi connectivity index (χ3n) is 3.94. The average molecular weight is 541 g/mol. The highest BCUT2D eigenvalue weighted by molar-refractivity contribution is 14.0. The molecule has 0 spiro atoms. The van der Waals surface area contributed by atoms with Crippen LogP contribution in [0.25, 0.3) is 0 Å². The molecular formula is C17H26BrIN4OS. The van der Waals surface area contributed by atoms with Crippen LogP contribution in [-0.2, 0) is 0 Å². The van der Waals surface area contributed by atoms with Crippen LogP contribution in [0.3, 0.4) is 0 Å². The first-order chi connectivity index (χ1) is 11.5.